The van der Waals surface area contributed by atoms with Gasteiger partial charge < -0.3 is 19.8 Å². The number of aliphatic hydroxyl groups excluding tert-OH is 2. The van der Waals surface area contributed by atoms with E-state index in [1.807, 2.05) is 0 Å². The summed E-state index contributed by atoms with van der Waals surface area (Å²) in [5.74, 6) is 3.77. The summed E-state index contributed by atoms with van der Waals surface area (Å²) in [6.07, 6.45) is 0. The molecular weight excluding hydrogens is 277 g/mol. The van der Waals surface area contributed by atoms with Crippen molar-refractivity contribution in [3.05, 3.63) is 35.1 Å². The third kappa shape index (κ3) is 5.16. The molecule has 0 aliphatic rings. The van der Waals surface area contributed by atoms with Crippen LogP contribution in [0.3, 0.4) is 0 Å². The van der Waals surface area contributed by atoms with E-state index in [0.717, 1.165) is 6.07 Å². The average molecular weight is 295 g/mol. The summed E-state index contributed by atoms with van der Waals surface area (Å²) in [5, 5.41) is 17.6. The number of benzene rings is 1. The fraction of sp³-hybridized carbons (Fsp3) is 0.400. The first kappa shape index (κ1) is 17.1. The minimum atomic E-state index is -0.690. The van der Waals surface area contributed by atoms with Crippen LogP contribution in [-0.2, 0) is 4.74 Å². The Morgan fingerprint density at radius 2 is 2.14 bits per heavy atom. The van der Waals surface area contributed by atoms with Crippen molar-refractivity contribution in [1.82, 2.24) is 4.90 Å². The zero-order valence-electron chi connectivity index (χ0n) is 11.8. The zero-order valence-corrected chi connectivity index (χ0v) is 11.8. The second kappa shape index (κ2) is 9.08. The molecule has 0 radical (unpaired) electrons. The van der Waals surface area contributed by atoms with Gasteiger partial charge in [-0.2, -0.15) is 0 Å². The van der Waals surface area contributed by atoms with E-state index in [-0.39, 0.29) is 31.9 Å². The van der Waals surface area contributed by atoms with Crippen molar-refractivity contribution in [1.29, 1.82) is 0 Å². The van der Waals surface area contributed by atoms with Gasteiger partial charge in [-0.05, 0) is 18.2 Å². The summed E-state index contributed by atoms with van der Waals surface area (Å²) in [4.78, 5) is 13.6. The van der Waals surface area contributed by atoms with E-state index < -0.39 is 11.7 Å². The van der Waals surface area contributed by atoms with Gasteiger partial charge in [0.05, 0.1) is 18.8 Å². The quantitative estimate of drug-likeness (QED) is 0.738. The Hall–Kier alpha value is -1.94. The van der Waals surface area contributed by atoms with Gasteiger partial charge in [0.2, 0.25) is 0 Å². The highest BCUT2D eigenvalue weighted by Gasteiger charge is 2.18. The molecule has 1 aromatic rings. The maximum Gasteiger partial charge on any atom is 0.256 e. The normalized spacial score (nSPS) is 9.90. The van der Waals surface area contributed by atoms with Crippen LogP contribution in [0.2, 0.25) is 0 Å². The number of aliphatic hydroxyl groups is 2. The Morgan fingerprint density at radius 3 is 2.71 bits per heavy atom. The molecule has 6 heteroatoms. The number of nitrogens with zero attached hydrogens (tertiary/aromatic N) is 1. The second-order valence-electron chi connectivity index (χ2n) is 4.16. The molecule has 0 aliphatic heterocycles. The molecule has 0 heterocycles. The average Bonchev–Trinajstić information content (AvgIpc) is 2.48. The zero-order chi connectivity index (χ0) is 15.7. The van der Waals surface area contributed by atoms with Crippen molar-refractivity contribution < 1.29 is 24.1 Å². The summed E-state index contributed by atoms with van der Waals surface area (Å²) in [7, 11) is 1.50. The summed E-state index contributed by atoms with van der Waals surface area (Å²) < 4.78 is 18.9. The van der Waals surface area contributed by atoms with E-state index in [4.69, 9.17) is 14.9 Å². The minimum Gasteiger partial charge on any atom is -0.395 e. The number of carbonyl (C=O) groups excluding carboxylic acids is 1. The van der Waals surface area contributed by atoms with Crippen molar-refractivity contribution in [2.24, 2.45) is 0 Å². The van der Waals surface area contributed by atoms with Crippen molar-refractivity contribution in [3.8, 4) is 11.8 Å². The first-order chi connectivity index (χ1) is 10.1. The van der Waals surface area contributed by atoms with E-state index in [1.165, 1.54) is 24.1 Å². The lowest BCUT2D eigenvalue weighted by atomic mass is 10.1. The molecule has 0 unspecified atom stereocenters. The molecule has 21 heavy (non-hydrogen) atoms. The number of rotatable bonds is 6. The molecule has 0 aliphatic carbocycles. The van der Waals surface area contributed by atoms with Crippen LogP contribution in [0.1, 0.15) is 15.9 Å². The largest absolute Gasteiger partial charge is 0.395 e. The fourth-order valence-corrected chi connectivity index (χ4v) is 1.72. The Kier molecular flexibility index (Phi) is 7.40. The number of methoxy groups -OCH3 is 1. The number of halogens is 1. The van der Waals surface area contributed by atoms with Gasteiger partial charge in [0, 0.05) is 25.8 Å². The Bertz CT molecular complexity index is 536. The SMILES string of the molecule is COCCN(CCO)C(=O)c1ccc(C#CCO)cc1F. The second-order valence-corrected chi connectivity index (χ2v) is 4.16. The van der Waals surface area contributed by atoms with Crippen LogP contribution in [0, 0.1) is 17.7 Å². The van der Waals surface area contributed by atoms with Crippen molar-refractivity contribution in [3.63, 3.8) is 0 Å². The highest BCUT2D eigenvalue weighted by Crippen LogP contribution is 2.13. The first-order valence-electron chi connectivity index (χ1n) is 6.42. The Morgan fingerprint density at radius 1 is 1.38 bits per heavy atom. The molecule has 5 nitrogen and oxygen atoms in total. The highest BCUT2D eigenvalue weighted by molar-refractivity contribution is 5.94. The van der Waals surface area contributed by atoms with Crippen LogP contribution >= 0.6 is 0 Å². The number of carbonyl (C=O) groups is 1. The summed E-state index contributed by atoms with van der Waals surface area (Å²) in [5.41, 5.74) is 0.290. The lowest BCUT2D eigenvalue weighted by molar-refractivity contribution is 0.0652. The maximum absolute atomic E-state index is 14.0. The van der Waals surface area contributed by atoms with Crippen molar-refractivity contribution in [2.45, 2.75) is 0 Å². The molecule has 2 N–H and O–H groups in total. The van der Waals surface area contributed by atoms with Crippen LogP contribution in [0.4, 0.5) is 4.39 Å². The standard InChI is InChI=1S/C15H18FNO4/c1-21-10-7-17(6-9-19)15(20)13-5-4-12(3-2-8-18)11-14(13)16/h4-5,11,18-19H,6-10H2,1H3. The molecule has 0 atom stereocenters. The Labute approximate surface area is 123 Å². The number of hydrogen-bond acceptors (Lipinski definition) is 4. The topological polar surface area (TPSA) is 70.0 Å². The minimum absolute atomic E-state index is 0.0888. The molecule has 0 bridgehead atoms. The fourth-order valence-electron chi connectivity index (χ4n) is 1.72. The third-order valence-electron chi connectivity index (χ3n) is 2.73. The summed E-state index contributed by atoms with van der Waals surface area (Å²) >= 11 is 0. The van der Waals surface area contributed by atoms with E-state index >= 15 is 0 Å². The summed E-state index contributed by atoms with van der Waals surface area (Å²) in [6.45, 7) is 0.142. The van der Waals surface area contributed by atoms with Gasteiger partial charge in [-0.3, -0.25) is 4.79 Å². The van der Waals surface area contributed by atoms with E-state index in [9.17, 15) is 9.18 Å². The molecule has 0 saturated carbocycles. The van der Waals surface area contributed by atoms with Crippen LogP contribution in [0.25, 0.3) is 0 Å². The van der Waals surface area contributed by atoms with Crippen molar-refractivity contribution >= 4 is 5.91 Å². The van der Waals surface area contributed by atoms with Crippen LogP contribution < -0.4 is 0 Å². The molecule has 1 rings (SSSR count). The number of ether oxygens (including phenoxy) is 1. The third-order valence-corrected chi connectivity index (χ3v) is 2.73. The number of amides is 1. The predicted octanol–water partition coefficient (Wildman–Crippen LogP) is 0.250. The van der Waals surface area contributed by atoms with Gasteiger partial charge in [0.1, 0.15) is 12.4 Å². The number of hydrogen-bond donors (Lipinski definition) is 2. The Balaban J connectivity index is 2.94. The van der Waals surface area contributed by atoms with Crippen LogP contribution in [0.5, 0.6) is 0 Å². The van der Waals surface area contributed by atoms with Gasteiger partial charge >= 0.3 is 0 Å². The molecule has 0 fully saturated rings. The predicted molar refractivity (Wildman–Crippen MR) is 75.2 cm³/mol. The van der Waals surface area contributed by atoms with Crippen molar-refractivity contribution in [2.75, 3.05) is 40.0 Å². The monoisotopic (exact) mass is 295 g/mol. The molecule has 0 spiro atoms. The van der Waals surface area contributed by atoms with E-state index in [0.29, 0.717) is 12.2 Å². The molecule has 0 aromatic heterocycles. The molecule has 1 aromatic carbocycles. The molecule has 1 amide bonds. The molecule has 0 saturated heterocycles. The lowest BCUT2D eigenvalue weighted by Crippen LogP contribution is -2.36. The molecular formula is C15H18FNO4. The smallest absolute Gasteiger partial charge is 0.256 e. The molecule has 114 valence electrons. The van der Waals surface area contributed by atoms with Gasteiger partial charge in [0.25, 0.3) is 5.91 Å². The van der Waals surface area contributed by atoms with Gasteiger partial charge in [-0.25, -0.2) is 4.39 Å². The van der Waals surface area contributed by atoms with Gasteiger partial charge in [0.15, 0.2) is 0 Å². The van der Waals surface area contributed by atoms with E-state index in [1.54, 1.807) is 0 Å². The summed E-state index contributed by atoms with van der Waals surface area (Å²) in [6, 6.07) is 3.99. The van der Waals surface area contributed by atoms with E-state index in [2.05, 4.69) is 11.8 Å². The lowest BCUT2D eigenvalue weighted by Gasteiger charge is -2.21. The first-order valence-corrected chi connectivity index (χ1v) is 6.42. The maximum atomic E-state index is 14.0. The van der Waals surface area contributed by atoms with Crippen LogP contribution in [0.15, 0.2) is 18.2 Å². The highest BCUT2D eigenvalue weighted by atomic mass is 19.1. The van der Waals surface area contributed by atoms with Gasteiger partial charge in [-0.15, -0.1) is 0 Å². The van der Waals surface area contributed by atoms with Crippen LogP contribution in [-0.4, -0.2) is 61.0 Å². The van der Waals surface area contributed by atoms with Gasteiger partial charge in [-0.1, -0.05) is 11.8 Å².